The fourth-order valence-electron chi connectivity index (χ4n) is 2.22. The van der Waals surface area contributed by atoms with E-state index < -0.39 is 0 Å². The van der Waals surface area contributed by atoms with Crippen molar-refractivity contribution in [2.24, 2.45) is 11.7 Å². The highest BCUT2D eigenvalue weighted by molar-refractivity contribution is 6.31. The molecule has 1 unspecified atom stereocenters. The van der Waals surface area contributed by atoms with E-state index in [0.717, 1.165) is 30.5 Å². The summed E-state index contributed by atoms with van der Waals surface area (Å²) in [6.07, 6.45) is 2.53. The third-order valence-corrected chi connectivity index (χ3v) is 3.64. The number of fused-ring (bicyclic) bond motifs is 1. The second-order valence-electron chi connectivity index (χ2n) is 4.58. The standard InChI is InChI=1S/C13H17ClN2O/c1-8-5-10-6-9(3-2-4-15)13(17)16-12(10)7-11(8)14/h5,7,9H,2-4,6,15H2,1H3,(H,16,17). The van der Waals surface area contributed by atoms with Crippen LogP contribution in [0.25, 0.3) is 0 Å². The van der Waals surface area contributed by atoms with Crippen molar-refractivity contribution in [1.82, 2.24) is 0 Å². The van der Waals surface area contributed by atoms with Crippen LogP contribution in [0.15, 0.2) is 12.1 Å². The third kappa shape index (κ3) is 2.61. The zero-order chi connectivity index (χ0) is 12.4. The van der Waals surface area contributed by atoms with Crippen molar-refractivity contribution in [1.29, 1.82) is 0 Å². The lowest BCUT2D eigenvalue weighted by atomic mass is 9.89. The number of halogens is 1. The van der Waals surface area contributed by atoms with E-state index in [1.54, 1.807) is 0 Å². The second-order valence-corrected chi connectivity index (χ2v) is 4.99. The molecule has 3 N–H and O–H groups in total. The molecule has 1 heterocycles. The molecule has 92 valence electrons. The average Bonchev–Trinajstić information content (AvgIpc) is 2.29. The minimum absolute atomic E-state index is 0.0478. The molecule has 0 bridgehead atoms. The van der Waals surface area contributed by atoms with Crippen molar-refractivity contribution in [2.45, 2.75) is 26.2 Å². The van der Waals surface area contributed by atoms with Crippen molar-refractivity contribution in [3.05, 3.63) is 28.3 Å². The summed E-state index contributed by atoms with van der Waals surface area (Å²) in [6, 6.07) is 3.90. The Labute approximate surface area is 106 Å². The first-order valence-electron chi connectivity index (χ1n) is 5.91. The number of anilines is 1. The predicted molar refractivity (Wildman–Crippen MR) is 70.3 cm³/mol. The molecule has 0 radical (unpaired) electrons. The Bertz CT molecular complexity index is 445. The Balaban J connectivity index is 2.22. The van der Waals surface area contributed by atoms with Gasteiger partial charge in [-0.25, -0.2) is 0 Å². The number of amides is 1. The molecule has 17 heavy (non-hydrogen) atoms. The molecule has 2 rings (SSSR count). The highest BCUT2D eigenvalue weighted by Crippen LogP contribution is 2.32. The van der Waals surface area contributed by atoms with Crippen LogP contribution < -0.4 is 11.1 Å². The van der Waals surface area contributed by atoms with Crippen molar-refractivity contribution < 1.29 is 4.79 Å². The lowest BCUT2D eigenvalue weighted by Crippen LogP contribution is -2.30. The van der Waals surface area contributed by atoms with Crippen LogP contribution in [0.4, 0.5) is 5.69 Å². The molecular formula is C13H17ClN2O. The van der Waals surface area contributed by atoms with Gasteiger partial charge in [0.15, 0.2) is 0 Å². The van der Waals surface area contributed by atoms with Crippen LogP contribution in [0.3, 0.4) is 0 Å². The molecule has 0 saturated heterocycles. The van der Waals surface area contributed by atoms with Crippen LogP contribution in [-0.2, 0) is 11.2 Å². The van der Waals surface area contributed by atoms with E-state index in [-0.39, 0.29) is 11.8 Å². The van der Waals surface area contributed by atoms with Crippen molar-refractivity contribution in [2.75, 3.05) is 11.9 Å². The molecular weight excluding hydrogens is 236 g/mol. The van der Waals surface area contributed by atoms with E-state index in [4.69, 9.17) is 17.3 Å². The van der Waals surface area contributed by atoms with Crippen LogP contribution >= 0.6 is 11.6 Å². The quantitative estimate of drug-likeness (QED) is 0.869. The van der Waals surface area contributed by atoms with Crippen molar-refractivity contribution >= 4 is 23.2 Å². The monoisotopic (exact) mass is 252 g/mol. The highest BCUT2D eigenvalue weighted by Gasteiger charge is 2.25. The minimum Gasteiger partial charge on any atom is -0.330 e. The van der Waals surface area contributed by atoms with Gasteiger partial charge in [0.2, 0.25) is 5.91 Å². The molecule has 1 amide bonds. The van der Waals surface area contributed by atoms with E-state index in [0.29, 0.717) is 11.6 Å². The first-order valence-corrected chi connectivity index (χ1v) is 6.29. The zero-order valence-corrected chi connectivity index (χ0v) is 10.7. The molecule has 1 aliphatic rings. The van der Waals surface area contributed by atoms with E-state index in [2.05, 4.69) is 11.4 Å². The van der Waals surface area contributed by atoms with Gasteiger partial charge in [-0.05, 0) is 49.9 Å². The predicted octanol–water partition coefficient (Wildman–Crippen LogP) is 2.50. The van der Waals surface area contributed by atoms with Crippen LogP contribution in [0, 0.1) is 12.8 Å². The Morgan fingerprint density at radius 3 is 3.00 bits per heavy atom. The maximum absolute atomic E-state index is 11.9. The number of nitrogens with one attached hydrogen (secondary N) is 1. The van der Waals surface area contributed by atoms with Crippen LogP contribution in [-0.4, -0.2) is 12.5 Å². The molecule has 0 fully saturated rings. The fraction of sp³-hybridized carbons (Fsp3) is 0.462. The smallest absolute Gasteiger partial charge is 0.227 e. The van der Waals surface area contributed by atoms with E-state index >= 15 is 0 Å². The Kier molecular flexibility index (Phi) is 3.69. The van der Waals surface area contributed by atoms with Crippen LogP contribution in [0.5, 0.6) is 0 Å². The Morgan fingerprint density at radius 1 is 1.53 bits per heavy atom. The molecule has 0 saturated carbocycles. The van der Waals surface area contributed by atoms with Gasteiger partial charge in [-0.15, -0.1) is 0 Å². The van der Waals surface area contributed by atoms with Gasteiger partial charge in [0.25, 0.3) is 0 Å². The lowest BCUT2D eigenvalue weighted by molar-refractivity contribution is -0.120. The molecule has 0 aromatic heterocycles. The van der Waals surface area contributed by atoms with E-state index in [1.807, 2.05) is 13.0 Å². The van der Waals surface area contributed by atoms with Gasteiger partial charge in [-0.2, -0.15) is 0 Å². The van der Waals surface area contributed by atoms with Gasteiger partial charge in [0.1, 0.15) is 0 Å². The number of rotatable bonds is 3. The third-order valence-electron chi connectivity index (χ3n) is 3.24. The van der Waals surface area contributed by atoms with Gasteiger partial charge >= 0.3 is 0 Å². The summed E-state index contributed by atoms with van der Waals surface area (Å²) in [6.45, 7) is 2.62. The lowest BCUT2D eigenvalue weighted by Gasteiger charge is -2.25. The molecule has 1 aromatic rings. The topological polar surface area (TPSA) is 55.1 Å². The number of aryl methyl sites for hydroxylation is 1. The summed E-state index contributed by atoms with van der Waals surface area (Å²) in [7, 11) is 0. The second kappa shape index (κ2) is 5.07. The molecule has 1 atom stereocenters. The molecule has 0 aliphatic carbocycles. The molecule has 3 nitrogen and oxygen atoms in total. The normalized spacial score (nSPS) is 18.8. The first-order chi connectivity index (χ1) is 8.11. The highest BCUT2D eigenvalue weighted by atomic mass is 35.5. The van der Waals surface area contributed by atoms with Crippen LogP contribution in [0.1, 0.15) is 24.0 Å². The summed E-state index contributed by atoms with van der Waals surface area (Å²) < 4.78 is 0. The van der Waals surface area contributed by atoms with Gasteiger partial charge < -0.3 is 11.1 Å². The molecule has 1 aliphatic heterocycles. The van der Waals surface area contributed by atoms with Gasteiger partial charge in [-0.1, -0.05) is 17.7 Å². The molecule has 0 spiro atoms. The van der Waals surface area contributed by atoms with E-state index in [1.165, 1.54) is 5.56 Å². The Morgan fingerprint density at radius 2 is 2.29 bits per heavy atom. The summed E-state index contributed by atoms with van der Waals surface area (Å²) in [4.78, 5) is 11.9. The maximum atomic E-state index is 11.9. The number of benzene rings is 1. The van der Waals surface area contributed by atoms with Gasteiger partial charge in [0.05, 0.1) is 0 Å². The first kappa shape index (κ1) is 12.4. The number of hydrogen-bond acceptors (Lipinski definition) is 2. The summed E-state index contributed by atoms with van der Waals surface area (Å²) in [5, 5.41) is 3.62. The number of carbonyl (C=O) groups is 1. The molecule has 4 heteroatoms. The van der Waals surface area contributed by atoms with Crippen molar-refractivity contribution in [3.8, 4) is 0 Å². The summed E-state index contributed by atoms with van der Waals surface area (Å²) >= 11 is 6.05. The Hall–Kier alpha value is -1.06. The van der Waals surface area contributed by atoms with Crippen molar-refractivity contribution in [3.63, 3.8) is 0 Å². The summed E-state index contributed by atoms with van der Waals surface area (Å²) in [5.41, 5.74) is 8.57. The summed E-state index contributed by atoms with van der Waals surface area (Å²) in [5.74, 6) is 0.137. The SMILES string of the molecule is Cc1cc2c(cc1Cl)NC(=O)C(CCCN)C2. The van der Waals surface area contributed by atoms with Gasteiger partial charge in [0, 0.05) is 16.6 Å². The van der Waals surface area contributed by atoms with Gasteiger partial charge in [-0.3, -0.25) is 4.79 Å². The number of hydrogen-bond donors (Lipinski definition) is 2. The number of nitrogens with two attached hydrogens (primary N) is 1. The fourth-order valence-corrected chi connectivity index (χ4v) is 2.38. The molecule has 1 aromatic carbocycles. The zero-order valence-electron chi connectivity index (χ0n) is 9.92. The largest absolute Gasteiger partial charge is 0.330 e. The maximum Gasteiger partial charge on any atom is 0.227 e. The number of carbonyl (C=O) groups excluding carboxylic acids is 1. The van der Waals surface area contributed by atoms with Crippen LogP contribution in [0.2, 0.25) is 5.02 Å². The minimum atomic E-state index is 0.0478. The van der Waals surface area contributed by atoms with E-state index in [9.17, 15) is 4.79 Å². The average molecular weight is 253 g/mol.